The number of nitrogens with zero attached hydrogens (tertiary/aromatic N) is 2. The van der Waals surface area contributed by atoms with Crippen LogP contribution < -0.4 is 10.6 Å². The van der Waals surface area contributed by atoms with Gasteiger partial charge in [-0.2, -0.15) is 0 Å². The highest BCUT2D eigenvalue weighted by atomic mass is 16.3. The van der Waals surface area contributed by atoms with Crippen LogP contribution in [0.2, 0.25) is 0 Å². The summed E-state index contributed by atoms with van der Waals surface area (Å²) < 4.78 is 5.48. The lowest BCUT2D eigenvalue weighted by Gasteiger charge is -2.19. The van der Waals surface area contributed by atoms with Crippen molar-refractivity contribution in [1.82, 2.24) is 4.98 Å². The Labute approximate surface area is 111 Å². The summed E-state index contributed by atoms with van der Waals surface area (Å²) in [4.78, 5) is 6.42. The average Bonchev–Trinajstić information content (AvgIpc) is 2.76. The van der Waals surface area contributed by atoms with E-state index < -0.39 is 0 Å². The summed E-state index contributed by atoms with van der Waals surface area (Å²) in [6.07, 6.45) is 0. The van der Waals surface area contributed by atoms with Crippen molar-refractivity contribution in [3.63, 3.8) is 0 Å². The third-order valence-corrected chi connectivity index (χ3v) is 3.12. The van der Waals surface area contributed by atoms with Gasteiger partial charge >= 0.3 is 0 Å². The summed E-state index contributed by atoms with van der Waals surface area (Å²) in [5.41, 5.74) is 10.3. The number of oxazole rings is 1. The van der Waals surface area contributed by atoms with Crippen LogP contribution in [0.25, 0.3) is 11.1 Å². The smallest absolute Gasteiger partial charge is 0.192 e. The maximum Gasteiger partial charge on any atom is 0.192 e. The van der Waals surface area contributed by atoms with E-state index in [4.69, 9.17) is 10.2 Å². The van der Waals surface area contributed by atoms with E-state index in [2.05, 4.69) is 9.88 Å². The summed E-state index contributed by atoms with van der Waals surface area (Å²) in [7, 11) is 2.00. The van der Waals surface area contributed by atoms with Gasteiger partial charge in [0.2, 0.25) is 0 Å². The highest BCUT2D eigenvalue weighted by Crippen LogP contribution is 2.28. The van der Waals surface area contributed by atoms with Gasteiger partial charge in [-0.3, -0.25) is 0 Å². The minimum Gasteiger partial charge on any atom is -0.441 e. The van der Waals surface area contributed by atoms with Crippen molar-refractivity contribution in [2.24, 2.45) is 0 Å². The Kier molecular flexibility index (Phi) is 2.63. The first-order chi connectivity index (χ1) is 9.13. The Bertz CT molecular complexity index is 733. The second-order valence-corrected chi connectivity index (χ2v) is 4.54. The van der Waals surface area contributed by atoms with Gasteiger partial charge in [-0.15, -0.1) is 0 Å². The third kappa shape index (κ3) is 2.12. The van der Waals surface area contributed by atoms with E-state index >= 15 is 0 Å². The molecule has 0 saturated heterocycles. The molecular formula is C15H15N3O. The Hall–Kier alpha value is -2.49. The molecule has 0 fully saturated rings. The van der Waals surface area contributed by atoms with Gasteiger partial charge in [0.15, 0.2) is 11.5 Å². The largest absolute Gasteiger partial charge is 0.441 e. The molecule has 3 aromatic rings. The maximum absolute atomic E-state index is 5.81. The van der Waals surface area contributed by atoms with Gasteiger partial charge in [0.05, 0.1) is 0 Å². The van der Waals surface area contributed by atoms with Gasteiger partial charge in [0.25, 0.3) is 0 Å². The summed E-state index contributed by atoms with van der Waals surface area (Å²) in [5, 5.41) is 0. The van der Waals surface area contributed by atoms with Gasteiger partial charge in [0, 0.05) is 31.0 Å². The number of rotatable bonds is 2. The third-order valence-electron chi connectivity index (χ3n) is 3.12. The van der Waals surface area contributed by atoms with Crippen LogP contribution in [0.3, 0.4) is 0 Å². The Balaban J connectivity index is 2.03. The van der Waals surface area contributed by atoms with E-state index in [0.717, 1.165) is 28.2 Å². The molecule has 2 N–H and O–H groups in total. The number of hydrogen-bond donors (Lipinski definition) is 1. The van der Waals surface area contributed by atoms with Gasteiger partial charge in [-0.05, 0) is 36.4 Å². The molecule has 1 aromatic heterocycles. The second-order valence-electron chi connectivity index (χ2n) is 4.54. The molecule has 96 valence electrons. The summed E-state index contributed by atoms with van der Waals surface area (Å²) >= 11 is 0. The molecule has 0 unspecified atom stereocenters. The van der Waals surface area contributed by atoms with Crippen LogP contribution in [-0.4, -0.2) is 12.0 Å². The van der Waals surface area contributed by atoms with Crippen LogP contribution in [0.5, 0.6) is 0 Å². The lowest BCUT2D eigenvalue weighted by molar-refractivity contribution is 0.561. The van der Waals surface area contributed by atoms with E-state index in [0.29, 0.717) is 5.89 Å². The van der Waals surface area contributed by atoms with Crippen molar-refractivity contribution in [2.45, 2.75) is 6.92 Å². The number of nitrogens with two attached hydrogens (primary N) is 1. The molecule has 0 aliphatic carbocycles. The lowest BCUT2D eigenvalue weighted by atomic mass is 10.2. The molecule has 0 spiro atoms. The number of aromatic nitrogens is 1. The predicted molar refractivity (Wildman–Crippen MR) is 77.7 cm³/mol. The van der Waals surface area contributed by atoms with Crippen molar-refractivity contribution in [3.8, 4) is 0 Å². The van der Waals surface area contributed by atoms with Gasteiger partial charge in [-0.1, -0.05) is 6.07 Å². The van der Waals surface area contributed by atoms with Crippen molar-refractivity contribution in [2.75, 3.05) is 17.7 Å². The van der Waals surface area contributed by atoms with Crippen LogP contribution in [0.15, 0.2) is 46.9 Å². The standard InChI is InChI=1S/C15H15N3O/c1-10-17-14-9-13(6-7-15(14)19-10)18(2)12-5-3-4-11(16)8-12/h3-9H,16H2,1-2H3. The number of fused-ring (bicyclic) bond motifs is 1. The first-order valence-electron chi connectivity index (χ1n) is 6.10. The molecule has 0 bridgehead atoms. The molecule has 0 amide bonds. The number of benzene rings is 2. The maximum atomic E-state index is 5.81. The van der Waals surface area contributed by atoms with E-state index in [-0.39, 0.29) is 0 Å². The van der Waals surface area contributed by atoms with Crippen LogP contribution in [-0.2, 0) is 0 Å². The molecule has 19 heavy (non-hydrogen) atoms. The van der Waals surface area contributed by atoms with Crippen LogP contribution in [0.4, 0.5) is 17.1 Å². The Morgan fingerprint density at radius 1 is 1.11 bits per heavy atom. The quantitative estimate of drug-likeness (QED) is 0.710. The molecule has 4 heteroatoms. The van der Waals surface area contributed by atoms with Gasteiger partial charge in [0.1, 0.15) is 5.52 Å². The molecule has 2 aromatic carbocycles. The molecule has 0 aliphatic rings. The molecule has 4 nitrogen and oxygen atoms in total. The summed E-state index contributed by atoms with van der Waals surface area (Å²) in [6, 6.07) is 13.7. The van der Waals surface area contributed by atoms with E-state index in [9.17, 15) is 0 Å². The van der Waals surface area contributed by atoms with Crippen molar-refractivity contribution in [1.29, 1.82) is 0 Å². The first-order valence-corrected chi connectivity index (χ1v) is 6.10. The van der Waals surface area contributed by atoms with E-state index in [1.54, 1.807) is 0 Å². The number of hydrogen-bond acceptors (Lipinski definition) is 4. The fraction of sp³-hybridized carbons (Fsp3) is 0.133. The monoisotopic (exact) mass is 253 g/mol. The van der Waals surface area contributed by atoms with Crippen LogP contribution in [0.1, 0.15) is 5.89 Å². The number of aryl methyl sites for hydroxylation is 1. The number of anilines is 3. The zero-order valence-electron chi connectivity index (χ0n) is 10.9. The number of nitrogen functional groups attached to an aromatic ring is 1. The zero-order chi connectivity index (χ0) is 13.4. The molecule has 0 atom stereocenters. The van der Waals surface area contributed by atoms with Crippen molar-refractivity contribution in [3.05, 3.63) is 48.4 Å². The molecule has 0 saturated carbocycles. The fourth-order valence-corrected chi connectivity index (χ4v) is 2.12. The summed E-state index contributed by atoms with van der Waals surface area (Å²) in [6.45, 7) is 1.85. The molecule has 0 radical (unpaired) electrons. The second kappa shape index (κ2) is 4.31. The molecule has 0 aliphatic heterocycles. The van der Waals surface area contributed by atoms with Crippen LogP contribution in [0, 0.1) is 6.92 Å². The fourth-order valence-electron chi connectivity index (χ4n) is 2.12. The Morgan fingerprint density at radius 3 is 2.68 bits per heavy atom. The molecule has 3 rings (SSSR count). The minimum atomic E-state index is 0.679. The van der Waals surface area contributed by atoms with E-state index in [1.165, 1.54) is 0 Å². The average molecular weight is 253 g/mol. The SMILES string of the molecule is Cc1nc2cc(N(C)c3cccc(N)c3)ccc2o1. The minimum absolute atomic E-state index is 0.679. The van der Waals surface area contributed by atoms with Crippen molar-refractivity contribution >= 4 is 28.2 Å². The highest BCUT2D eigenvalue weighted by Gasteiger charge is 2.08. The molecule has 1 heterocycles. The van der Waals surface area contributed by atoms with Gasteiger partial charge < -0.3 is 15.1 Å². The predicted octanol–water partition coefficient (Wildman–Crippen LogP) is 3.49. The normalized spacial score (nSPS) is 10.8. The lowest BCUT2D eigenvalue weighted by Crippen LogP contribution is -2.09. The molecular weight excluding hydrogens is 238 g/mol. The van der Waals surface area contributed by atoms with Crippen molar-refractivity contribution < 1.29 is 4.42 Å². The Morgan fingerprint density at radius 2 is 1.89 bits per heavy atom. The van der Waals surface area contributed by atoms with Gasteiger partial charge in [-0.25, -0.2) is 4.98 Å². The first kappa shape index (κ1) is 11.6. The highest BCUT2D eigenvalue weighted by molar-refractivity contribution is 5.79. The topological polar surface area (TPSA) is 55.3 Å². The van der Waals surface area contributed by atoms with E-state index in [1.807, 2.05) is 56.4 Å². The summed E-state index contributed by atoms with van der Waals surface area (Å²) in [5.74, 6) is 0.679. The zero-order valence-corrected chi connectivity index (χ0v) is 10.9. The van der Waals surface area contributed by atoms with Crippen LogP contribution >= 0.6 is 0 Å².